The fraction of sp³-hybridized carbons (Fsp3) is 0.419. The van der Waals surface area contributed by atoms with E-state index in [2.05, 4.69) is 224 Å². The Kier molecular flexibility index (Phi) is 19.5. The van der Waals surface area contributed by atoms with Crippen LogP contribution in [0.1, 0.15) is 266 Å². The van der Waals surface area contributed by atoms with Crippen molar-refractivity contribution < 1.29 is 8.83 Å². The summed E-state index contributed by atoms with van der Waals surface area (Å²) in [6.45, 7) is 18.9. The number of para-hydroxylation sites is 2. The third kappa shape index (κ3) is 12.0. The second kappa shape index (κ2) is 28.5. The molecule has 0 unspecified atom stereocenters. The Morgan fingerprint density at radius 3 is 1.34 bits per heavy atom. The first kappa shape index (κ1) is 65.7. The first-order valence-corrected chi connectivity index (χ1v) is 38.4. The van der Waals surface area contributed by atoms with Crippen LogP contribution in [0.25, 0.3) is 88.4 Å². The van der Waals surface area contributed by atoms with Gasteiger partial charge in [0.1, 0.15) is 22.3 Å². The average Bonchev–Trinajstić information content (AvgIpc) is 1.53. The van der Waals surface area contributed by atoms with Crippen LogP contribution < -0.4 is 4.90 Å². The predicted octanol–water partition coefficient (Wildman–Crippen LogP) is 29.1. The molecule has 0 saturated carbocycles. The van der Waals surface area contributed by atoms with Gasteiger partial charge in [0.15, 0.2) is 0 Å². The molecule has 0 bridgehead atoms. The molecule has 3 heteroatoms. The van der Waals surface area contributed by atoms with E-state index in [9.17, 15) is 0 Å². The standard InChI is InChI=1S/C93H107NO2/c1-9-13-17-21-25-36-52-92(53-37-26-22-18-14-10-2)77-50-51-85-88(72-42-32-34-44-83(72)95-85)87(77)76-63-80-75(62-81(76)92)70-48-46-68(60-79(70)93(80,54-38-27-23-19-15-11-3)55-39-28-24-20-16-12-4)94(69-57-64(5)56-65(6)58-69)67-47-49-71-78(59-67)91(7,8)82-61-74(66-40-30-29-31-41-66)90-89(86(71)82)73-43-33-35-45-84(73)96-90/h29-35,40-51,56-63H,9-28,36-39,52-55H2,1-8H3. The summed E-state index contributed by atoms with van der Waals surface area (Å²) in [5.41, 5.74) is 29.5. The molecule has 3 aliphatic carbocycles. The van der Waals surface area contributed by atoms with E-state index in [4.69, 9.17) is 8.83 Å². The van der Waals surface area contributed by atoms with Gasteiger partial charge >= 0.3 is 0 Å². The Labute approximate surface area is 575 Å². The lowest BCUT2D eigenvalue weighted by atomic mass is 9.68. The van der Waals surface area contributed by atoms with Crippen LogP contribution in [0.5, 0.6) is 0 Å². The quantitative estimate of drug-likeness (QED) is 0.0394. The molecule has 11 aromatic rings. The molecule has 9 aromatic carbocycles. The minimum absolute atomic E-state index is 0.0912. The number of benzene rings is 9. The van der Waals surface area contributed by atoms with E-state index in [1.165, 1.54) is 267 Å². The zero-order valence-corrected chi connectivity index (χ0v) is 59.7. The molecular weight excluding hydrogens is 1160 g/mol. The lowest BCUT2D eigenvalue weighted by Gasteiger charge is -2.35. The highest BCUT2D eigenvalue weighted by Gasteiger charge is 2.49. The van der Waals surface area contributed by atoms with Crippen molar-refractivity contribution in [2.75, 3.05) is 4.90 Å². The van der Waals surface area contributed by atoms with E-state index in [0.717, 1.165) is 40.7 Å². The lowest BCUT2D eigenvalue weighted by molar-refractivity contribution is 0.394. The minimum Gasteiger partial charge on any atom is -0.456 e. The molecule has 0 fully saturated rings. The van der Waals surface area contributed by atoms with Gasteiger partial charge in [0.2, 0.25) is 0 Å². The van der Waals surface area contributed by atoms with Crippen LogP contribution in [0.3, 0.4) is 0 Å². The van der Waals surface area contributed by atoms with Gasteiger partial charge in [0.05, 0.1) is 0 Å². The van der Waals surface area contributed by atoms with Crippen LogP contribution in [0.15, 0.2) is 173 Å². The Hall–Kier alpha value is -7.62. The van der Waals surface area contributed by atoms with Gasteiger partial charge < -0.3 is 13.7 Å². The van der Waals surface area contributed by atoms with Gasteiger partial charge in [-0.25, -0.2) is 0 Å². The summed E-state index contributed by atoms with van der Waals surface area (Å²) in [4.78, 5) is 2.64. The van der Waals surface area contributed by atoms with Crippen molar-refractivity contribution in [2.24, 2.45) is 0 Å². The van der Waals surface area contributed by atoms with E-state index in [1.807, 2.05) is 0 Å². The molecule has 0 radical (unpaired) electrons. The molecule has 0 N–H and O–H groups in total. The van der Waals surface area contributed by atoms with E-state index in [-0.39, 0.29) is 16.2 Å². The highest BCUT2D eigenvalue weighted by molar-refractivity contribution is 6.19. The second-order valence-corrected chi connectivity index (χ2v) is 30.4. The summed E-state index contributed by atoms with van der Waals surface area (Å²) < 4.78 is 13.9. The highest BCUT2D eigenvalue weighted by Crippen LogP contribution is 2.64. The first-order valence-electron chi connectivity index (χ1n) is 38.4. The van der Waals surface area contributed by atoms with Gasteiger partial charge in [0.25, 0.3) is 0 Å². The average molecular weight is 1270 g/mol. The van der Waals surface area contributed by atoms with Crippen molar-refractivity contribution in [2.45, 2.75) is 251 Å². The number of aryl methyl sites for hydroxylation is 2. The molecule has 14 rings (SSSR count). The summed E-state index contributed by atoms with van der Waals surface area (Å²) in [6, 6.07) is 64.2. The number of unbranched alkanes of at least 4 members (excludes halogenated alkanes) is 20. The van der Waals surface area contributed by atoms with Crippen LogP contribution in [0, 0.1) is 13.8 Å². The Morgan fingerprint density at radius 2 is 0.760 bits per heavy atom. The molecule has 0 spiro atoms. The summed E-state index contributed by atoms with van der Waals surface area (Å²) in [7, 11) is 0. The third-order valence-electron chi connectivity index (χ3n) is 23.5. The largest absolute Gasteiger partial charge is 0.456 e. The first-order chi connectivity index (χ1) is 47.0. The van der Waals surface area contributed by atoms with E-state index >= 15 is 0 Å². The van der Waals surface area contributed by atoms with E-state index in [1.54, 1.807) is 22.3 Å². The Bertz CT molecular complexity index is 4510. The summed E-state index contributed by atoms with van der Waals surface area (Å²) >= 11 is 0. The number of hydrogen-bond donors (Lipinski definition) is 0. The molecule has 3 aliphatic rings. The van der Waals surface area contributed by atoms with Crippen molar-refractivity contribution in [1.29, 1.82) is 0 Å². The van der Waals surface area contributed by atoms with Gasteiger partial charge in [-0.05, 0) is 196 Å². The molecule has 96 heavy (non-hydrogen) atoms. The normalized spacial score (nSPS) is 14.4. The fourth-order valence-corrected chi connectivity index (χ4v) is 18.6. The molecule has 0 saturated heterocycles. The van der Waals surface area contributed by atoms with Crippen LogP contribution in [-0.4, -0.2) is 0 Å². The molecular formula is C93H107NO2. The van der Waals surface area contributed by atoms with Crippen LogP contribution in [-0.2, 0) is 16.2 Å². The van der Waals surface area contributed by atoms with Gasteiger partial charge in [0, 0.05) is 60.4 Å². The van der Waals surface area contributed by atoms with E-state index in [0.29, 0.717) is 0 Å². The maximum atomic E-state index is 6.94. The van der Waals surface area contributed by atoms with Crippen molar-refractivity contribution in [3.8, 4) is 44.5 Å². The summed E-state index contributed by atoms with van der Waals surface area (Å²) in [5, 5.41) is 4.98. The van der Waals surface area contributed by atoms with Crippen molar-refractivity contribution in [3.05, 3.63) is 208 Å². The maximum Gasteiger partial charge on any atom is 0.143 e. The van der Waals surface area contributed by atoms with Gasteiger partial charge in [-0.1, -0.05) is 287 Å². The fourth-order valence-electron chi connectivity index (χ4n) is 18.6. The minimum atomic E-state index is -0.305. The SMILES string of the molecule is CCCCCCCCC1(CCCCCCCC)c2cc(N(c3cc(C)cc(C)c3)c3ccc4c(c3)C(C)(C)c3cc(-c5ccccc5)c5oc6ccccc6c5c3-4)ccc2-c2cc3c(cc21)-c1c(ccc2oc4ccccc4c12)C3(CCCCCCCC)CCCCCCCC. The van der Waals surface area contributed by atoms with Crippen LogP contribution in [0.4, 0.5) is 17.1 Å². The highest BCUT2D eigenvalue weighted by atomic mass is 16.3. The molecule has 496 valence electrons. The lowest BCUT2D eigenvalue weighted by Crippen LogP contribution is -2.27. The molecule has 3 nitrogen and oxygen atoms in total. The monoisotopic (exact) mass is 1270 g/mol. The molecule has 0 atom stereocenters. The predicted molar refractivity (Wildman–Crippen MR) is 413 cm³/mol. The van der Waals surface area contributed by atoms with Crippen LogP contribution in [0.2, 0.25) is 0 Å². The number of rotatable bonds is 32. The zero-order valence-electron chi connectivity index (χ0n) is 59.7. The third-order valence-corrected chi connectivity index (χ3v) is 23.5. The van der Waals surface area contributed by atoms with Gasteiger partial charge in [-0.15, -0.1) is 0 Å². The molecule has 0 aliphatic heterocycles. The topological polar surface area (TPSA) is 29.5 Å². The van der Waals surface area contributed by atoms with Gasteiger partial charge in [-0.3, -0.25) is 0 Å². The second-order valence-electron chi connectivity index (χ2n) is 30.4. The van der Waals surface area contributed by atoms with Crippen molar-refractivity contribution in [1.82, 2.24) is 0 Å². The van der Waals surface area contributed by atoms with Crippen molar-refractivity contribution in [3.63, 3.8) is 0 Å². The smallest absolute Gasteiger partial charge is 0.143 e. The summed E-state index contributed by atoms with van der Waals surface area (Å²) in [6.07, 6.45) is 35.7. The Balaban J connectivity index is 0.973. The Morgan fingerprint density at radius 1 is 0.312 bits per heavy atom. The van der Waals surface area contributed by atoms with Crippen LogP contribution >= 0.6 is 0 Å². The zero-order chi connectivity index (χ0) is 66.0. The maximum absolute atomic E-state index is 6.94. The number of anilines is 3. The van der Waals surface area contributed by atoms with Gasteiger partial charge in [-0.2, -0.15) is 0 Å². The summed E-state index contributed by atoms with van der Waals surface area (Å²) in [5.74, 6) is 0. The molecule has 2 aromatic heterocycles. The molecule has 2 heterocycles. The van der Waals surface area contributed by atoms with Crippen molar-refractivity contribution >= 4 is 60.9 Å². The number of furan rings is 2. The number of hydrogen-bond acceptors (Lipinski definition) is 3. The number of nitrogens with zero attached hydrogens (tertiary/aromatic N) is 1. The molecule has 0 amide bonds. The van der Waals surface area contributed by atoms with E-state index < -0.39 is 0 Å². The number of fused-ring (bicyclic) bond motifs is 17.